The van der Waals surface area contributed by atoms with E-state index in [-0.39, 0.29) is 0 Å². The van der Waals surface area contributed by atoms with Gasteiger partial charge in [0.15, 0.2) is 5.13 Å². The van der Waals surface area contributed by atoms with Crippen molar-refractivity contribution < 1.29 is 0 Å². The second kappa shape index (κ2) is 5.83. The topological polar surface area (TPSA) is 28.2 Å². The lowest BCUT2D eigenvalue weighted by Gasteiger charge is -2.20. The number of thiazole rings is 1. The zero-order chi connectivity index (χ0) is 12.3. The zero-order valence-corrected chi connectivity index (χ0v) is 11.9. The van der Waals surface area contributed by atoms with Crippen molar-refractivity contribution in [3.63, 3.8) is 0 Å². The maximum Gasteiger partial charge on any atom is 0.185 e. The first-order valence-electron chi connectivity index (χ1n) is 6.71. The summed E-state index contributed by atoms with van der Waals surface area (Å²) >= 11 is 1.79. The van der Waals surface area contributed by atoms with E-state index in [1.54, 1.807) is 11.3 Å². The molecule has 3 nitrogen and oxygen atoms in total. The molecule has 0 amide bonds. The van der Waals surface area contributed by atoms with Crippen LogP contribution in [0.4, 0.5) is 5.13 Å². The number of nitrogens with zero attached hydrogens (tertiary/aromatic N) is 2. The van der Waals surface area contributed by atoms with E-state index in [4.69, 9.17) is 4.98 Å². The van der Waals surface area contributed by atoms with E-state index < -0.39 is 0 Å². The van der Waals surface area contributed by atoms with Crippen molar-refractivity contribution in [1.29, 1.82) is 0 Å². The summed E-state index contributed by atoms with van der Waals surface area (Å²) in [5.41, 5.74) is 1.19. The standard InChI is InChI=1S/C13H23N3S/c1-4-8-16(11-6-7-11)13-15-12(9-17-13)10(3)14-5-2/h9-11,14H,4-8H2,1-3H3. The van der Waals surface area contributed by atoms with Crippen LogP contribution in [0.2, 0.25) is 0 Å². The van der Waals surface area contributed by atoms with Gasteiger partial charge in [0, 0.05) is 24.0 Å². The minimum Gasteiger partial charge on any atom is -0.345 e. The van der Waals surface area contributed by atoms with Gasteiger partial charge in [0.2, 0.25) is 0 Å². The molecule has 2 rings (SSSR count). The maximum atomic E-state index is 4.79. The molecule has 1 saturated carbocycles. The van der Waals surface area contributed by atoms with Gasteiger partial charge >= 0.3 is 0 Å². The molecule has 0 saturated heterocycles. The molecule has 1 aliphatic carbocycles. The summed E-state index contributed by atoms with van der Waals surface area (Å²) in [5.74, 6) is 0. The van der Waals surface area contributed by atoms with Crippen LogP contribution in [0.1, 0.15) is 51.8 Å². The Balaban J connectivity index is 2.04. The Morgan fingerprint density at radius 2 is 2.29 bits per heavy atom. The van der Waals surface area contributed by atoms with E-state index in [0.717, 1.165) is 19.1 Å². The molecule has 17 heavy (non-hydrogen) atoms. The quantitative estimate of drug-likeness (QED) is 0.809. The number of nitrogens with one attached hydrogen (secondary N) is 1. The van der Waals surface area contributed by atoms with Gasteiger partial charge in [0.1, 0.15) is 0 Å². The van der Waals surface area contributed by atoms with Crippen molar-refractivity contribution in [3.05, 3.63) is 11.1 Å². The van der Waals surface area contributed by atoms with Crippen molar-refractivity contribution >= 4 is 16.5 Å². The fourth-order valence-corrected chi connectivity index (χ4v) is 3.10. The summed E-state index contributed by atoms with van der Waals surface area (Å²) in [6.45, 7) is 8.70. The minimum atomic E-state index is 0.368. The van der Waals surface area contributed by atoms with E-state index in [2.05, 4.69) is 36.4 Å². The van der Waals surface area contributed by atoms with Crippen LogP contribution in [0.15, 0.2) is 5.38 Å². The average Bonchev–Trinajstić information content (AvgIpc) is 3.03. The zero-order valence-electron chi connectivity index (χ0n) is 11.1. The molecule has 1 aromatic rings. The summed E-state index contributed by atoms with van der Waals surface area (Å²) in [6, 6.07) is 1.14. The van der Waals surface area contributed by atoms with Crippen molar-refractivity contribution in [2.75, 3.05) is 18.0 Å². The molecule has 1 N–H and O–H groups in total. The van der Waals surface area contributed by atoms with Crippen molar-refractivity contribution in [1.82, 2.24) is 10.3 Å². The highest BCUT2D eigenvalue weighted by Gasteiger charge is 2.30. The SMILES string of the molecule is CCCN(c1nc(C(C)NCC)cs1)C1CC1. The molecule has 0 radical (unpaired) electrons. The van der Waals surface area contributed by atoms with Crippen LogP contribution in [0.25, 0.3) is 0 Å². The third-order valence-electron chi connectivity index (χ3n) is 3.16. The lowest BCUT2D eigenvalue weighted by atomic mass is 10.2. The monoisotopic (exact) mass is 253 g/mol. The van der Waals surface area contributed by atoms with Gasteiger partial charge in [-0.25, -0.2) is 4.98 Å². The molecule has 1 heterocycles. The number of anilines is 1. The maximum absolute atomic E-state index is 4.79. The molecule has 1 aromatic heterocycles. The highest BCUT2D eigenvalue weighted by molar-refractivity contribution is 7.13. The fourth-order valence-electron chi connectivity index (χ4n) is 2.08. The Morgan fingerprint density at radius 1 is 1.53 bits per heavy atom. The van der Waals surface area contributed by atoms with Crippen molar-refractivity contribution in [3.8, 4) is 0 Å². The predicted molar refractivity (Wildman–Crippen MR) is 74.9 cm³/mol. The molecular formula is C13H23N3S. The Kier molecular flexibility index (Phi) is 4.40. The molecule has 0 aromatic carbocycles. The van der Waals surface area contributed by atoms with Gasteiger partial charge in [-0.1, -0.05) is 13.8 Å². The second-order valence-electron chi connectivity index (χ2n) is 4.76. The molecular weight excluding hydrogens is 230 g/mol. The largest absolute Gasteiger partial charge is 0.345 e. The molecule has 1 unspecified atom stereocenters. The number of hydrogen-bond acceptors (Lipinski definition) is 4. The smallest absolute Gasteiger partial charge is 0.185 e. The molecule has 0 bridgehead atoms. The molecule has 0 spiro atoms. The Morgan fingerprint density at radius 3 is 2.88 bits per heavy atom. The lowest BCUT2D eigenvalue weighted by molar-refractivity contribution is 0.585. The van der Waals surface area contributed by atoms with E-state index in [0.29, 0.717) is 6.04 Å². The number of hydrogen-bond donors (Lipinski definition) is 1. The van der Waals surface area contributed by atoms with Gasteiger partial charge < -0.3 is 10.2 Å². The van der Waals surface area contributed by atoms with E-state index >= 15 is 0 Å². The van der Waals surface area contributed by atoms with Crippen LogP contribution in [0.3, 0.4) is 0 Å². The first-order valence-corrected chi connectivity index (χ1v) is 7.59. The summed E-state index contributed by atoms with van der Waals surface area (Å²) < 4.78 is 0. The minimum absolute atomic E-state index is 0.368. The van der Waals surface area contributed by atoms with Crippen LogP contribution in [0.5, 0.6) is 0 Å². The van der Waals surface area contributed by atoms with Crippen LogP contribution < -0.4 is 10.2 Å². The third-order valence-corrected chi connectivity index (χ3v) is 4.06. The molecule has 1 aliphatic rings. The first-order chi connectivity index (χ1) is 8.26. The summed E-state index contributed by atoms with van der Waals surface area (Å²) in [4.78, 5) is 7.28. The Bertz CT molecular complexity index is 346. The van der Waals surface area contributed by atoms with Gasteiger partial charge in [0.05, 0.1) is 5.69 Å². The summed E-state index contributed by atoms with van der Waals surface area (Å²) in [5, 5.41) is 6.84. The van der Waals surface area contributed by atoms with Gasteiger partial charge in [-0.05, 0) is 32.7 Å². The van der Waals surface area contributed by atoms with Crippen LogP contribution in [-0.4, -0.2) is 24.1 Å². The number of rotatable bonds is 7. The lowest BCUT2D eigenvalue weighted by Crippen LogP contribution is -2.26. The molecule has 1 atom stereocenters. The molecule has 96 valence electrons. The Hall–Kier alpha value is -0.610. The van der Waals surface area contributed by atoms with Gasteiger partial charge in [-0.3, -0.25) is 0 Å². The fraction of sp³-hybridized carbons (Fsp3) is 0.769. The predicted octanol–water partition coefficient (Wildman–Crippen LogP) is 3.19. The van der Waals surface area contributed by atoms with Crippen LogP contribution in [-0.2, 0) is 0 Å². The van der Waals surface area contributed by atoms with Crippen molar-refractivity contribution in [2.24, 2.45) is 0 Å². The summed E-state index contributed by atoms with van der Waals surface area (Å²) in [7, 11) is 0. The number of aromatic nitrogens is 1. The van der Waals surface area contributed by atoms with Crippen LogP contribution in [0, 0.1) is 0 Å². The van der Waals surface area contributed by atoms with Gasteiger partial charge in [-0.2, -0.15) is 0 Å². The Labute approximate surface area is 108 Å². The van der Waals surface area contributed by atoms with E-state index in [9.17, 15) is 0 Å². The molecule has 1 fully saturated rings. The average molecular weight is 253 g/mol. The van der Waals surface area contributed by atoms with Gasteiger partial charge in [-0.15, -0.1) is 11.3 Å². The van der Waals surface area contributed by atoms with E-state index in [1.165, 1.54) is 30.1 Å². The highest BCUT2D eigenvalue weighted by atomic mass is 32.1. The first kappa shape index (κ1) is 12.8. The van der Waals surface area contributed by atoms with Gasteiger partial charge in [0.25, 0.3) is 0 Å². The second-order valence-corrected chi connectivity index (χ2v) is 5.60. The molecule has 0 aliphatic heterocycles. The van der Waals surface area contributed by atoms with Crippen molar-refractivity contribution in [2.45, 2.75) is 52.1 Å². The highest BCUT2D eigenvalue weighted by Crippen LogP contribution is 2.34. The van der Waals surface area contributed by atoms with E-state index in [1.807, 2.05) is 0 Å². The molecule has 4 heteroatoms. The normalized spacial score (nSPS) is 17.1. The van der Waals surface area contributed by atoms with Crippen LogP contribution >= 0.6 is 11.3 Å². The third kappa shape index (κ3) is 3.19. The summed E-state index contributed by atoms with van der Waals surface area (Å²) in [6.07, 6.45) is 3.89.